The van der Waals surface area contributed by atoms with E-state index in [2.05, 4.69) is 20.6 Å². The highest BCUT2D eigenvalue weighted by atomic mass is 16.3. The standard InChI is InChI=1S/C26H35N11O4/c27-13-5-14(28)10-36(9-13)25-33-24(34-26(35-25)37-11-15(29)6-16(30)12-37)31-17-1-4-20(22(40)7-17)32-23(41)19-3-2-18(38)8-21(19)39/h1-4,7-8,13-16,38-40H,5-6,9-12,27-30H2,(H,32,41)(H,31,33,34,35)/t13-,14+,15-,16+. The molecule has 3 aromatic rings. The number of nitrogens with two attached hydrogens (primary N) is 4. The first kappa shape index (κ1) is 28.1. The number of phenols is 3. The lowest BCUT2D eigenvalue weighted by Gasteiger charge is -2.37. The summed E-state index contributed by atoms with van der Waals surface area (Å²) < 4.78 is 0. The van der Waals surface area contributed by atoms with Crippen LogP contribution in [0.3, 0.4) is 0 Å². The van der Waals surface area contributed by atoms with Gasteiger partial charge in [0.15, 0.2) is 0 Å². The van der Waals surface area contributed by atoms with E-state index in [1.807, 2.05) is 9.80 Å². The fourth-order valence-electron chi connectivity index (χ4n) is 5.12. The predicted molar refractivity (Wildman–Crippen MR) is 155 cm³/mol. The molecular formula is C26H35N11O4. The predicted octanol–water partition coefficient (Wildman–Crippen LogP) is -0.286. The van der Waals surface area contributed by atoms with Crippen LogP contribution in [0, 0.1) is 0 Å². The Morgan fingerprint density at radius 1 is 0.756 bits per heavy atom. The monoisotopic (exact) mass is 565 g/mol. The summed E-state index contributed by atoms with van der Waals surface area (Å²) in [6, 6.07) is 7.58. The van der Waals surface area contributed by atoms with Gasteiger partial charge in [0.25, 0.3) is 5.91 Å². The number of anilines is 5. The van der Waals surface area contributed by atoms with Crippen molar-refractivity contribution in [3.63, 3.8) is 0 Å². The van der Waals surface area contributed by atoms with Crippen LogP contribution in [0.15, 0.2) is 36.4 Å². The Labute approximate surface area is 236 Å². The first-order chi connectivity index (χ1) is 19.5. The fraction of sp³-hybridized carbons (Fsp3) is 0.385. The average molecular weight is 566 g/mol. The van der Waals surface area contributed by atoms with Crippen LogP contribution >= 0.6 is 0 Å². The molecule has 0 aliphatic carbocycles. The van der Waals surface area contributed by atoms with E-state index < -0.39 is 11.7 Å². The summed E-state index contributed by atoms with van der Waals surface area (Å²) in [5.74, 6) is -0.462. The van der Waals surface area contributed by atoms with Gasteiger partial charge >= 0.3 is 0 Å². The summed E-state index contributed by atoms with van der Waals surface area (Å²) in [4.78, 5) is 30.3. The van der Waals surface area contributed by atoms with E-state index in [-0.39, 0.29) is 52.9 Å². The number of carbonyl (C=O) groups is 1. The van der Waals surface area contributed by atoms with Crippen molar-refractivity contribution in [3.05, 3.63) is 42.0 Å². The number of rotatable bonds is 6. The lowest BCUT2D eigenvalue weighted by atomic mass is 10.0. The summed E-state index contributed by atoms with van der Waals surface area (Å²) in [5, 5.41) is 35.7. The molecule has 4 atom stereocenters. The lowest BCUT2D eigenvalue weighted by molar-refractivity contribution is 0.102. The molecule has 0 spiro atoms. The Kier molecular flexibility index (Phi) is 7.94. The van der Waals surface area contributed by atoms with E-state index in [0.29, 0.717) is 56.6 Å². The van der Waals surface area contributed by atoms with E-state index in [0.717, 1.165) is 6.07 Å². The zero-order valence-electron chi connectivity index (χ0n) is 22.3. The highest BCUT2D eigenvalue weighted by Gasteiger charge is 2.29. The molecule has 5 rings (SSSR count). The minimum atomic E-state index is -0.666. The van der Waals surface area contributed by atoms with Crippen LogP contribution in [0.1, 0.15) is 23.2 Å². The number of hydrogen-bond acceptors (Lipinski definition) is 14. The van der Waals surface area contributed by atoms with Crippen LogP contribution in [0.2, 0.25) is 0 Å². The molecule has 2 aliphatic rings. The van der Waals surface area contributed by atoms with Gasteiger partial charge in [0.05, 0.1) is 11.3 Å². The van der Waals surface area contributed by atoms with Crippen LogP contribution < -0.4 is 43.4 Å². The first-order valence-electron chi connectivity index (χ1n) is 13.3. The Bertz CT molecular complexity index is 1360. The molecule has 1 amide bonds. The Morgan fingerprint density at radius 2 is 1.32 bits per heavy atom. The summed E-state index contributed by atoms with van der Waals surface area (Å²) in [6.45, 7) is 2.12. The van der Waals surface area contributed by atoms with Gasteiger partial charge < -0.3 is 58.7 Å². The van der Waals surface area contributed by atoms with Gasteiger partial charge in [-0.15, -0.1) is 0 Å². The van der Waals surface area contributed by atoms with Gasteiger partial charge in [0.1, 0.15) is 17.2 Å². The van der Waals surface area contributed by atoms with Gasteiger partial charge in [0, 0.05) is 68.2 Å². The van der Waals surface area contributed by atoms with Crippen molar-refractivity contribution in [2.75, 3.05) is 46.6 Å². The molecule has 15 nitrogen and oxygen atoms in total. The highest BCUT2D eigenvalue weighted by molar-refractivity contribution is 6.07. The third kappa shape index (κ3) is 6.66. The van der Waals surface area contributed by atoms with Crippen molar-refractivity contribution < 1.29 is 20.1 Å². The number of aromatic hydroxyl groups is 3. The molecule has 0 unspecified atom stereocenters. The second-order valence-electron chi connectivity index (χ2n) is 10.6. The number of amides is 1. The zero-order valence-corrected chi connectivity index (χ0v) is 22.3. The molecule has 13 N–H and O–H groups in total. The van der Waals surface area contributed by atoms with Gasteiger partial charge in [-0.1, -0.05) is 0 Å². The van der Waals surface area contributed by atoms with Gasteiger partial charge in [-0.2, -0.15) is 15.0 Å². The van der Waals surface area contributed by atoms with E-state index in [9.17, 15) is 20.1 Å². The third-order valence-electron chi connectivity index (χ3n) is 6.94. The molecule has 2 saturated heterocycles. The molecular weight excluding hydrogens is 530 g/mol. The Hall–Kier alpha value is -4.44. The van der Waals surface area contributed by atoms with Crippen LogP contribution in [-0.4, -0.2) is 86.5 Å². The second kappa shape index (κ2) is 11.6. The number of piperidine rings is 2. The molecule has 0 bridgehead atoms. The molecule has 1 aromatic heterocycles. The number of nitrogens with zero attached hydrogens (tertiary/aromatic N) is 5. The number of phenolic OH excluding ortho intramolecular Hbond substituents is 3. The van der Waals surface area contributed by atoms with Crippen molar-refractivity contribution in [2.45, 2.75) is 37.0 Å². The lowest BCUT2D eigenvalue weighted by Crippen LogP contribution is -2.54. The minimum absolute atomic E-state index is 0.0658. The van der Waals surface area contributed by atoms with Gasteiger partial charge in [0.2, 0.25) is 17.8 Å². The Morgan fingerprint density at radius 3 is 1.83 bits per heavy atom. The van der Waals surface area contributed by atoms with Crippen molar-refractivity contribution in [1.29, 1.82) is 0 Å². The number of hydrogen-bond donors (Lipinski definition) is 9. The van der Waals surface area contributed by atoms with Crippen LogP contribution in [-0.2, 0) is 0 Å². The Balaban J connectivity index is 1.39. The molecule has 0 radical (unpaired) electrons. The molecule has 0 saturated carbocycles. The summed E-state index contributed by atoms with van der Waals surface area (Å²) >= 11 is 0. The number of nitrogens with one attached hydrogen (secondary N) is 2. The summed E-state index contributed by atoms with van der Waals surface area (Å²) in [7, 11) is 0. The van der Waals surface area contributed by atoms with E-state index in [1.54, 1.807) is 6.07 Å². The fourth-order valence-corrected chi connectivity index (χ4v) is 5.12. The maximum Gasteiger partial charge on any atom is 0.259 e. The maximum absolute atomic E-state index is 12.6. The normalized spacial score (nSPS) is 22.8. The number of carbonyl (C=O) groups excluding carboxylic acids is 1. The topological polar surface area (TPSA) is 251 Å². The van der Waals surface area contributed by atoms with E-state index in [4.69, 9.17) is 27.9 Å². The molecule has 2 aliphatic heterocycles. The molecule has 2 fully saturated rings. The van der Waals surface area contributed by atoms with Crippen LogP contribution in [0.5, 0.6) is 17.2 Å². The molecule has 41 heavy (non-hydrogen) atoms. The minimum Gasteiger partial charge on any atom is -0.508 e. The smallest absolute Gasteiger partial charge is 0.259 e. The summed E-state index contributed by atoms with van der Waals surface area (Å²) in [5.41, 5.74) is 25.3. The number of benzene rings is 2. The van der Waals surface area contributed by atoms with Gasteiger partial charge in [-0.05, 0) is 37.1 Å². The van der Waals surface area contributed by atoms with Crippen molar-refractivity contribution in [1.82, 2.24) is 15.0 Å². The van der Waals surface area contributed by atoms with Crippen LogP contribution in [0.25, 0.3) is 0 Å². The van der Waals surface area contributed by atoms with Gasteiger partial charge in [-0.3, -0.25) is 4.79 Å². The molecule has 218 valence electrons. The third-order valence-corrected chi connectivity index (χ3v) is 6.94. The molecule has 2 aromatic carbocycles. The van der Waals surface area contributed by atoms with Gasteiger partial charge in [-0.25, -0.2) is 0 Å². The number of aromatic nitrogens is 3. The maximum atomic E-state index is 12.6. The summed E-state index contributed by atoms with van der Waals surface area (Å²) in [6.07, 6.45) is 1.40. The highest BCUT2D eigenvalue weighted by Crippen LogP contribution is 2.31. The zero-order chi connectivity index (χ0) is 29.3. The van der Waals surface area contributed by atoms with E-state index in [1.165, 1.54) is 24.3 Å². The van der Waals surface area contributed by atoms with Crippen molar-refractivity contribution >= 4 is 35.1 Å². The SMILES string of the molecule is N[C@@H]1C[C@H](N)CN(c2nc(Nc3ccc(NC(=O)c4ccc(O)cc4O)c(O)c3)nc(N3C[C@H](N)C[C@H](N)C3)n2)C1. The van der Waals surface area contributed by atoms with E-state index >= 15 is 0 Å². The molecule has 3 heterocycles. The molecule has 15 heteroatoms. The second-order valence-corrected chi connectivity index (χ2v) is 10.6. The first-order valence-corrected chi connectivity index (χ1v) is 13.3. The van der Waals surface area contributed by atoms with Crippen LogP contribution in [0.4, 0.5) is 29.2 Å². The largest absolute Gasteiger partial charge is 0.508 e. The quantitative estimate of drug-likeness (QED) is 0.174. The average Bonchev–Trinajstić information content (AvgIpc) is 2.89. The van der Waals surface area contributed by atoms with Crippen molar-refractivity contribution in [3.8, 4) is 17.2 Å². The van der Waals surface area contributed by atoms with Crippen molar-refractivity contribution in [2.24, 2.45) is 22.9 Å².